The Hall–Kier alpha value is -1.26. The van der Waals surface area contributed by atoms with Crippen LogP contribution in [-0.4, -0.2) is 24.5 Å². The molecule has 1 aromatic carbocycles. The third-order valence-corrected chi connectivity index (χ3v) is 4.18. The number of amides is 1. The number of halogens is 2. The van der Waals surface area contributed by atoms with E-state index in [1.54, 1.807) is 25.1 Å². The molecule has 4 nitrogen and oxygen atoms in total. The van der Waals surface area contributed by atoms with Crippen LogP contribution in [-0.2, 0) is 9.53 Å². The van der Waals surface area contributed by atoms with E-state index < -0.39 is 5.91 Å². The van der Waals surface area contributed by atoms with Crippen molar-refractivity contribution >= 4 is 35.1 Å². The molecule has 0 aromatic heterocycles. The molecule has 1 aromatic rings. The topological polar surface area (TPSA) is 55.4 Å². The first-order valence-electron chi connectivity index (χ1n) is 8.36. The van der Waals surface area contributed by atoms with E-state index in [4.69, 9.17) is 27.9 Å². The quantitative estimate of drug-likeness (QED) is 0.462. The van der Waals surface area contributed by atoms with Crippen LogP contribution < -0.4 is 5.32 Å². The van der Waals surface area contributed by atoms with E-state index in [1.165, 1.54) is 19.3 Å². The summed E-state index contributed by atoms with van der Waals surface area (Å²) in [4.78, 5) is 24.0. The first-order chi connectivity index (χ1) is 11.5. The lowest BCUT2D eigenvalue weighted by Gasteiger charge is -2.14. The van der Waals surface area contributed by atoms with Gasteiger partial charge in [-0.2, -0.15) is 0 Å². The summed E-state index contributed by atoms with van der Waals surface area (Å²) >= 11 is 12.0. The first kappa shape index (κ1) is 20.8. The van der Waals surface area contributed by atoms with Crippen molar-refractivity contribution in [3.63, 3.8) is 0 Å². The minimum Gasteiger partial charge on any atom is -0.466 e. The lowest BCUT2D eigenvalue weighted by Crippen LogP contribution is -2.35. The molecule has 0 spiro atoms. The molecule has 0 fully saturated rings. The van der Waals surface area contributed by atoms with Gasteiger partial charge in [0.15, 0.2) is 0 Å². The van der Waals surface area contributed by atoms with Gasteiger partial charge in [0, 0.05) is 6.04 Å². The molecule has 1 unspecified atom stereocenters. The number of nitrogens with one attached hydrogen (secondary N) is 1. The average Bonchev–Trinajstić information content (AvgIpc) is 2.50. The van der Waals surface area contributed by atoms with E-state index in [0.29, 0.717) is 6.61 Å². The fourth-order valence-electron chi connectivity index (χ4n) is 2.26. The summed E-state index contributed by atoms with van der Waals surface area (Å²) in [5.41, 5.74) is 0.219. The van der Waals surface area contributed by atoms with E-state index in [0.717, 1.165) is 12.8 Å². The number of unbranched alkanes of at least 4 members (excludes halogenated alkanes) is 4. The Morgan fingerprint density at radius 3 is 2.38 bits per heavy atom. The summed E-state index contributed by atoms with van der Waals surface area (Å²) in [5, 5.41) is 3.28. The van der Waals surface area contributed by atoms with E-state index in [-0.39, 0.29) is 34.0 Å². The number of carbonyl (C=O) groups is 2. The minimum atomic E-state index is -0.398. The molecule has 1 atom stereocenters. The molecular formula is C18H25Cl2NO3. The van der Waals surface area contributed by atoms with Gasteiger partial charge in [-0.15, -0.1) is 0 Å². The molecule has 0 radical (unpaired) electrons. The van der Waals surface area contributed by atoms with Gasteiger partial charge >= 0.3 is 5.97 Å². The van der Waals surface area contributed by atoms with Gasteiger partial charge in [0.2, 0.25) is 0 Å². The largest absolute Gasteiger partial charge is 0.466 e. The molecule has 0 aliphatic heterocycles. The summed E-state index contributed by atoms with van der Waals surface area (Å²) in [7, 11) is 0. The van der Waals surface area contributed by atoms with Gasteiger partial charge in [0.05, 0.1) is 28.6 Å². The monoisotopic (exact) mass is 373 g/mol. The van der Waals surface area contributed by atoms with Crippen molar-refractivity contribution in [3.8, 4) is 0 Å². The average molecular weight is 374 g/mol. The minimum absolute atomic E-state index is 0.114. The molecule has 0 saturated heterocycles. The normalized spacial score (nSPS) is 11.8. The van der Waals surface area contributed by atoms with Crippen LogP contribution in [0.2, 0.25) is 10.0 Å². The Morgan fingerprint density at radius 1 is 1.12 bits per heavy atom. The molecule has 0 heterocycles. The van der Waals surface area contributed by atoms with Crippen LogP contribution in [0.25, 0.3) is 0 Å². The number of esters is 1. The van der Waals surface area contributed by atoms with Crippen molar-refractivity contribution in [3.05, 3.63) is 33.8 Å². The number of carbonyl (C=O) groups excluding carboxylic acids is 2. The maximum atomic E-state index is 12.2. The molecular weight excluding hydrogens is 349 g/mol. The molecule has 0 saturated carbocycles. The molecule has 24 heavy (non-hydrogen) atoms. The summed E-state index contributed by atoms with van der Waals surface area (Å²) in [6, 6.07) is 4.50. The second-order valence-corrected chi connectivity index (χ2v) is 6.62. The second-order valence-electron chi connectivity index (χ2n) is 5.81. The SMILES string of the molecule is CCCCCCCOC(=O)CC(C)NC(=O)c1c(Cl)cccc1Cl. The summed E-state index contributed by atoms with van der Waals surface area (Å²) in [6.45, 7) is 4.33. The van der Waals surface area contributed by atoms with Gasteiger partial charge in [-0.05, 0) is 25.5 Å². The molecule has 134 valence electrons. The van der Waals surface area contributed by atoms with Gasteiger partial charge in [-0.1, -0.05) is 61.9 Å². The Balaban J connectivity index is 2.33. The summed E-state index contributed by atoms with van der Waals surface area (Å²) in [5.74, 6) is -0.714. The zero-order valence-corrected chi connectivity index (χ0v) is 15.8. The van der Waals surface area contributed by atoms with Gasteiger partial charge in [-0.3, -0.25) is 9.59 Å². The molecule has 0 bridgehead atoms. The van der Waals surface area contributed by atoms with Crippen molar-refractivity contribution < 1.29 is 14.3 Å². The van der Waals surface area contributed by atoms with E-state index in [9.17, 15) is 9.59 Å². The van der Waals surface area contributed by atoms with Crippen molar-refractivity contribution in [2.45, 2.75) is 58.4 Å². The Labute approximate surface area is 153 Å². The zero-order valence-electron chi connectivity index (χ0n) is 14.2. The van der Waals surface area contributed by atoms with Gasteiger partial charge in [0.1, 0.15) is 0 Å². The smallest absolute Gasteiger partial charge is 0.307 e. The van der Waals surface area contributed by atoms with Gasteiger partial charge < -0.3 is 10.1 Å². The van der Waals surface area contributed by atoms with E-state index in [1.807, 2.05) is 0 Å². The Kier molecular flexibility index (Phi) is 9.80. The maximum Gasteiger partial charge on any atom is 0.307 e. The highest BCUT2D eigenvalue weighted by Gasteiger charge is 2.18. The Morgan fingerprint density at radius 2 is 1.75 bits per heavy atom. The van der Waals surface area contributed by atoms with Crippen molar-refractivity contribution in [2.75, 3.05) is 6.61 Å². The fraction of sp³-hybridized carbons (Fsp3) is 0.556. The lowest BCUT2D eigenvalue weighted by atomic mass is 10.1. The fourth-order valence-corrected chi connectivity index (χ4v) is 2.83. The van der Waals surface area contributed by atoms with Crippen LogP contribution >= 0.6 is 23.2 Å². The summed E-state index contributed by atoms with van der Waals surface area (Å²) < 4.78 is 5.19. The van der Waals surface area contributed by atoms with Gasteiger partial charge in [0.25, 0.3) is 5.91 Å². The van der Waals surface area contributed by atoms with Gasteiger partial charge in [-0.25, -0.2) is 0 Å². The molecule has 1 rings (SSSR count). The highest BCUT2D eigenvalue weighted by Crippen LogP contribution is 2.24. The van der Waals surface area contributed by atoms with E-state index >= 15 is 0 Å². The second kappa shape index (κ2) is 11.3. The predicted molar refractivity (Wildman–Crippen MR) is 97.7 cm³/mol. The van der Waals surface area contributed by atoms with Crippen LogP contribution in [0.5, 0.6) is 0 Å². The highest BCUT2D eigenvalue weighted by atomic mass is 35.5. The lowest BCUT2D eigenvalue weighted by molar-refractivity contribution is -0.144. The van der Waals surface area contributed by atoms with Crippen molar-refractivity contribution in [1.29, 1.82) is 0 Å². The molecule has 0 aliphatic carbocycles. The molecule has 6 heteroatoms. The zero-order chi connectivity index (χ0) is 17.9. The highest BCUT2D eigenvalue weighted by molar-refractivity contribution is 6.39. The maximum absolute atomic E-state index is 12.2. The van der Waals surface area contributed by atoms with Crippen LogP contribution in [0.3, 0.4) is 0 Å². The van der Waals surface area contributed by atoms with Crippen molar-refractivity contribution in [2.24, 2.45) is 0 Å². The van der Waals surface area contributed by atoms with Crippen molar-refractivity contribution in [1.82, 2.24) is 5.32 Å². The number of hydrogen-bond acceptors (Lipinski definition) is 3. The van der Waals surface area contributed by atoms with Crippen LogP contribution in [0.15, 0.2) is 18.2 Å². The number of ether oxygens (including phenoxy) is 1. The number of hydrogen-bond donors (Lipinski definition) is 1. The van der Waals surface area contributed by atoms with Crippen LogP contribution in [0, 0.1) is 0 Å². The third-order valence-electron chi connectivity index (χ3n) is 3.55. The molecule has 1 N–H and O–H groups in total. The summed E-state index contributed by atoms with van der Waals surface area (Å²) in [6.07, 6.45) is 5.62. The van der Waals surface area contributed by atoms with Crippen LogP contribution in [0.1, 0.15) is 62.7 Å². The standard InChI is InChI=1S/C18H25Cl2NO3/c1-3-4-5-6-7-11-24-16(22)12-13(2)21-18(23)17-14(19)9-8-10-15(17)20/h8-10,13H,3-7,11-12H2,1-2H3,(H,21,23). The molecule has 0 aliphatic rings. The number of rotatable bonds is 10. The van der Waals surface area contributed by atoms with Crippen LogP contribution in [0.4, 0.5) is 0 Å². The third kappa shape index (κ3) is 7.54. The Bertz CT molecular complexity index is 529. The van der Waals surface area contributed by atoms with E-state index in [2.05, 4.69) is 12.2 Å². The first-order valence-corrected chi connectivity index (χ1v) is 9.11. The molecule has 1 amide bonds. The predicted octanol–water partition coefficient (Wildman–Crippen LogP) is 5.02. The number of benzene rings is 1.